The molecule has 1 aromatic carbocycles. The molecule has 1 aromatic heterocycles. The first kappa shape index (κ1) is 15.0. The van der Waals surface area contributed by atoms with Crippen LogP contribution in [-0.2, 0) is 0 Å². The lowest BCUT2D eigenvalue weighted by Gasteiger charge is -2.16. The first-order chi connectivity index (χ1) is 10.0. The third-order valence-electron chi connectivity index (χ3n) is 3.21. The highest BCUT2D eigenvalue weighted by atomic mass is 16.3. The minimum atomic E-state index is -0.109. The molecule has 2 rings (SSSR count). The van der Waals surface area contributed by atoms with Gasteiger partial charge >= 0.3 is 0 Å². The first-order valence-electron chi connectivity index (χ1n) is 7.02. The van der Waals surface area contributed by atoms with Crippen molar-refractivity contribution in [2.75, 3.05) is 17.6 Å². The van der Waals surface area contributed by atoms with Crippen LogP contribution in [0.15, 0.2) is 34.7 Å². The zero-order chi connectivity index (χ0) is 15.4. The Bertz CT molecular complexity index is 634. The topological polar surface area (TPSA) is 80.3 Å². The lowest BCUT2D eigenvalue weighted by atomic mass is 10.1. The zero-order valence-corrected chi connectivity index (χ0v) is 12.6. The van der Waals surface area contributed by atoms with Crippen molar-refractivity contribution in [2.45, 2.75) is 26.8 Å². The molecule has 2 aromatic rings. The van der Waals surface area contributed by atoms with Gasteiger partial charge in [0.15, 0.2) is 0 Å². The predicted molar refractivity (Wildman–Crippen MR) is 84.3 cm³/mol. The van der Waals surface area contributed by atoms with E-state index < -0.39 is 0 Å². The van der Waals surface area contributed by atoms with Crippen molar-refractivity contribution in [1.29, 1.82) is 0 Å². The SMILES string of the molecule is CCNC(=O)c1ccc(N)c(NC(C)c2ccc(C)o2)c1. The number of amides is 1. The fourth-order valence-electron chi connectivity index (χ4n) is 2.08. The Labute approximate surface area is 124 Å². The van der Waals surface area contributed by atoms with E-state index in [0.29, 0.717) is 17.8 Å². The van der Waals surface area contributed by atoms with Crippen LogP contribution in [0.25, 0.3) is 0 Å². The van der Waals surface area contributed by atoms with Crippen LogP contribution < -0.4 is 16.4 Å². The predicted octanol–water partition coefficient (Wildman–Crippen LogP) is 3.09. The van der Waals surface area contributed by atoms with Crippen molar-refractivity contribution in [1.82, 2.24) is 5.32 Å². The number of hydrogen-bond donors (Lipinski definition) is 3. The van der Waals surface area contributed by atoms with Crippen LogP contribution in [-0.4, -0.2) is 12.5 Å². The molecular weight excluding hydrogens is 266 g/mol. The Kier molecular flexibility index (Phi) is 4.52. The second-order valence-corrected chi connectivity index (χ2v) is 4.98. The van der Waals surface area contributed by atoms with Gasteiger partial charge in [0.05, 0.1) is 17.4 Å². The Morgan fingerprint density at radius 1 is 1.33 bits per heavy atom. The molecule has 0 saturated heterocycles. The highest BCUT2D eigenvalue weighted by Gasteiger charge is 2.13. The largest absolute Gasteiger partial charge is 0.464 e. The van der Waals surface area contributed by atoms with Crippen molar-refractivity contribution >= 4 is 17.3 Å². The Balaban J connectivity index is 2.19. The number of nitrogens with one attached hydrogen (secondary N) is 2. The van der Waals surface area contributed by atoms with Crippen LogP contribution >= 0.6 is 0 Å². The highest BCUT2D eigenvalue weighted by Crippen LogP contribution is 2.26. The van der Waals surface area contributed by atoms with Crippen LogP contribution in [0.4, 0.5) is 11.4 Å². The van der Waals surface area contributed by atoms with E-state index in [1.807, 2.05) is 32.9 Å². The summed E-state index contributed by atoms with van der Waals surface area (Å²) in [5, 5.41) is 6.05. The standard InChI is InChI=1S/C16H21N3O2/c1-4-18-16(20)12-6-7-13(17)14(9-12)19-11(3)15-8-5-10(2)21-15/h5-9,11,19H,4,17H2,1-3H3,(H,18,20). The molecule has 1 amide bonds. The van der Waals surface area contributed by atoms with Crippen LogP contribution in [0.3, 0.4) is 0 Å². The van der Waals surface area contributed by atoms with Crippen molar-refractivity contribution in [3.63, 3.8) is 0 Å². The van der Waals surface area contributed by atoms with Gasteiger partial charge in [-0.1, -0.05) is 0 Å². The summed E-state index contributed by atoms with van der Waals surface area (Å²) in [5.41, 5.74) is 7.87. The molecule has 5 nitrogen and oxygen atoms in total. The van der Waals surface area contributed by atoms with Gasteiger partial charge in [-0.25, -0.2) is 0 Å². The molecule has 5 heteroatoms. The molecule has 0 aliphatic carbocycles. The second-order valence-electron chi connectivity index (χ2n) is 4.98. The number of aryl methyl sites for hydroxylation is 1. The number of nitrogens with two attached hydrogens (primary N) is 1. The summed E-state index contributed by atoms with van der Waals surface area (Å²) >= 11 is 0. The molecule has 0 aliphatic heterocycles. The van der Waals surface area contributed by atoms with E-state index in [9.17, 15) is 4.79 Å². The van der Waals surface area contributed by atoms with Gasteiger partial charge in [-0.3, -0.25) is 4.79 Å². The van der Waals surface area contributed by atoms with E-state index in [1.165, 1.54) is 0 Å². The molecule has 1 atom stereocenters. The molecule has 1 unspecified atom stereocenters. The van der Waals surface area contributed by atoms with E-state index in [-0.39, 0.29) is 11.9 Å². The number of anilines is 2. The average Bonchev–Trinajstić information content (AvgIpc) is 2.88. The number of benzene rings is 1. The monoisotopic (exact) mass is 287 g/mol. The van der Waals surface area contributed by atoms with Gasteiger partial charge in [-0.2, -0.15) is 0 Å². The molecule has 1 heterocycles. The van der Waals surface area contributed by atoms with Crippen LogP contribution in [0.2, 0.25) is 0 Å². The maximum atomic E-state index is 11.9. The minimum absolute atomic E-state index is 0.0366. The van der Waals surface area contributed by atoms with Crippen LogP contribution in [0.5, 0.6) is 0 Å². The number of carbonyl (C=O) groups excluding carboxylic acids is 1. The third kappa shape index (κ3) is 3.56. The first-order valence-corrected chi connectivity index (χ1v) is 7.02. The van der Waals surface area contributed by atoms with Gasteiger partial charge in [-0.05, 0) is 51.1 Å². The summed E-state index contributed by atoms with van der Waals surface area (Å²) in [6, 6.07) is 9.01. The number of rotatable bonds is 5. The van der Waals surface area contributed by atoms with Crippen molar-refractivity contribution < 1.29 is 9.21 Å². The van der Waals surface area contributed by atoms with Gasteiger partial charge in [0.25, 0.3) is 5.91 Å². The van der Waals surface area contributed by atoms with Gasteiger partial charge < -0.3 is 20.8 Å². The number of hydrogen-bond acceptors (Lipinski definition) is 4. The van der Waals surface area contributed by atoms with Gasteiger partial charge in [0.1, 0.15) is 11.5 Å². The van der Waals surface area contributed by atoms with Crippen LogP contribution in [0.1, 0.15) is 41.8 Å². The quantitative estimate of drug-likeness (QED) is 0.738. The van der Waals surface area contributed by atoms with Gasteiger partial charge in [-0.15, -0.1) is 0 Å². The summed E-state index contributed by atoms with van der Waals surface area (Å²) < 4.78 is 5.59. The molecule has 0 saturated carbocycles. The van der Waals surface area contributed by atoms with Crippen molar-refractivity contribution in [3.8, 4) is 0 Å². The zero-order valence-electron chi connectivity index (χ0n) is 12.6. The minimum Gasteiger partial charge on any atom is -0.464 e. The summed E-state index contributed by atoms with van der Waals surface area (Å²) in [6.45, 7) is 6.36. The van der Waals surface area contributed by atoms with Crippen molar-refractivity contribution in [2.24, 2.45) is 0 Å². The maximum absolute atomic E-state index is 11.9. The Morgan fingerprint density at radius 3 is 2.71 bits per heavy atom. The summed E-state index contributed by atoms with van der Waals surface area (Å²) in [5.74, 6) is 1.58. The normalized spacial score (nSPS) is 12.0. The highest BCUT2D eigenvalue weighted by molar-refractivity contribution is 5.96. The Morgan fingerprint density at radius 2 is 2.10 bits per heavy atom. The average molecular weight is 287 g/mol. The van der Waals surface area contributed by atoms with E-state index >= 15 is 0 Å². The summed E-state index contributed by atoms with van der Waals surface area (Å²) in [7, 11) is 0. The molecule has 0 aliphatic rings. The van der Waals surface area contributed by atoms with Gasteiger partial charge in [0.2, 0.25) is 0 Å². The van der Waals surface area contributed by atoms with E-state index in [0.717, 1.165) is 17.2 Å². The smallest absolute Gasteiger partial charge is 0.251 e. The molecule has 4 N–H and O–H groups in total. The lowest BCUT2D eigenvalue weighted by molar-refractivity contribution is 0.0956. The second kappa shape index (κ2) is 6.35. The van der Waals surface area contributed by atoms with Gasteiger partial charge in [0, 0.05) is 12.1 Å². The number of furan rings is 1. The maximum Gasteiger partial charge on any atom is 0.251 e. The molecule has 0 fully saturated rings. The lowest BCUT2D eigenvalue weighted by Crippen LogP contribution is -2.22. The number of carbonyl (C=O) groups is 1. The fraction of sp³-hybridized carbons (Fsp3) is 0.312. The third-order valence-corrected chi connectivity index (χ3v) is 3.21. The molecule has 112 valence electrons. The van der Waals surface area contributed by atoms with Crippen LogP contribution in [0, 0.1) is 6.92 Å². The van der Waals surface area contributed by atoms with E-state index in [1.54, 1.807) is 18.2 Å². The molecule has 21 heavy (non-hydrogen) atoms. The van der Waals surface area contributed by atoms with Crippen molar-refractivity contribution in [3.05, 3.63) is 47.4 Å². The molecule has 0 spiro atoms. The molecule has 0 radical (unpaired) electrons. The fourth-order valence-corrected chi connectivity index (χ4v) is 2.08. The molecule has 0 bridgehead atoms. The summed E-state index contributed by atoms with van der Waals surface area (Å²) in [6.07, 6.45) is 0. The Hall–Kier alpha value is -2.43. The summed E-state index contributed by atoms with van der Waals surface area (Å²) in [4.78, 5) is 11.9. The van der Waals surface area contributed by atoms with E-state index in [4.69, 9.17) is 10.2 Å². The number of nitrogen functional groups attached to an aromatic ring is 1. The molecular formula is C16H21N3O2. The van der Waals surface area contributed by atoms with E-state index in [2.05, 4.69) is 10.6 Å².